The first kappa shape index (κ1) is 13.6. The molecular formula is C13H15BrClN3. The highest BCUT2D eigenvalue weighted by molar-refractivity contribution is 9.10. The number of rotatable bonds is 3. The molecule has 3 nitrogen and oxygen atoms in total. The molecule has 2 rings (SSSR count). The van der Waals surface area contributed by atoms with Crippen molar-refractivity contribution < 1.29 is 0 Å². The summed E-state index contributed by atoms with van der Waals surface area (Å²) in [6, 6.07) is 6.17. The number of halogens is 2. The van der Waals surface area contributed by atoms with Crippen LogP contribution in [0.2, 0.25) is 5.15 Å². The molecule has 0 radical (unpaired) electrons. The van der Waals surface area contributed by atoms with E-state index in [1.807, 2.05) is 24.7 Å². The Hall–Kier alpha value is -0.840. The van der Waals surface area contributed by atoms with Crippen molar-refractivity contribution in [3.63, 3.8) is 0 Å². The Morgan fingerprint density at radius 1 is 1.44 bits per heavy atom. The summed E-state index contributed by atoms with van der Waals surface area (Å²) in [5.74, 6) is 0.928. The maximum atomic E-state index is 6.27. The SMILES string of the molecule is CNCc1nc(Cl)c(-c2cc(Br)ccc2C)n1C. The van der Waals surface area contributed by atoms with Crippen molar-refractivity contribution in [3.8, 4) is 11.3 Å². The Morgan fingerprint density at radius 3 is 2.83 bits per heavy atom. The fourth-order valence-corrected chi connectivity index (χ4v) is 2.65. The van der Waals surface area contributed by atoms with Crippen molar-refractivity contribution in [2.24, 2.45) is 7.05 Å². The standard InChI is InChI=1S/C13H15BrClN3/c1-8-4-5-9(14)6-10(8)12-13(15)17-11(7-16-2)18(12)3/h4-6,16H,7H2,1-3H3. The predicted molar refractivity (Wildman–Crippen MR) is 78.9 cm³/mol. The Morgan fingerprint density at radius 2 is 2.17 bits per heavy atom. The molecule has 0 aliphatic rings. The lowest BCUT2D eigenvalue weighted by Gasteiger charge is -2.09. The molecule has 0 amide bonds. The van der Waals surface area contributed by atoms with Gasteiger partial charge in [0.2, 0.25) is 0 Å². The zero-order valence-electron chi connectivity index (χ0n) is 10.6. The highest BCUT2D eigenvalue weighted by Crippen LogP contribution is 2.32. The summed E-state index contributed by atoms with van der Waals surface area (Å²) in [6.45, 7) is 2.77. The highest BCUT2D eigenvalue weighted by Gasteiger charge is 2.16. The summed E-state index contributed by atoms with van der Waals surface area (Å²) in [4.78, 5) is 4.40. The van der Waals surface area contributed by atoms with Gasteiger partial charge in [-0.25, -0.2) is 4.98 Å². The van der Waals surface area contributed by atoms with Gasteiger partial charge in [-0.15, -0.1) is 0 Å². The maximum absolute atomic E-state index is 6.27. The van der Waals surface area contributed by atoms with E-state index in [1.54, 1.807) is 0 Å². The molecule has 0 fully saturated rings. The van der Waals surface area contributed by atoms with Crippen LogP contribution in [0.3, 0.4) is 0 Å². The number of nitrogens with zero attached hydrogens (tertiary/aromatic N) is 2. The molecule has 0 bridgehead atoms. The average molecular weight is 329 g/mol. The molecule has 18 heavy (non-hydrogen) atoms. The third kappa shape index (κ3) is 2.46. The Bertz CT molecular complexity index is 578. The van der Waals surface area contributed by atoms with Crippen molar-refractivity contribution in [1.82, 2.24) is 14.9 Å². The fourth-order valence-electron chi connectivity index (χ4n) is 1.97. The van der Waals surface area contributed by atoms with E-state index >= 15 is 0 Å². The van der Waals surface area contributed by atoms with Crippen molar-refractivity contribution in [1.29, 1.82) is 0 Å². The lowest BCUT2D eigenvalue weighted by molar-refractivity contribution is 0.712. The van der Waals surface area contributed by atoms with Gasteiger partial charge in [-0.3, -0.25) is 0 Å². The zero-order chi connectivity index (χ0) is 13.3. The van der Waals surface area contributed by atoms with Crippen molar-refractivity contribution >= 4 is 27.5 Å². The molecule has 0 saturated heterocycles. The number of hydrogen-bond donors (Lipinski definition) is 1. The largest absolute Gasteiger partial charge is 0.329 e. The van der Waals surface area contributed by atoms with Crippen LogP contribution in [0.25, 0.3) is 11.3 Å². The van der Waals surface area contributed by atoms with E-state index in [0.29, 0.717) is 11.7 Å². The summed E-state index contributed by atoms with van der Waals surface area (Å²) in [5, 5.41) is 3.64. The van der Waals surface area contributed by atoms with E-state index in [-0.39, 0.29) is 0 Å². The van der Waals surface area contributed by atoms with E-state index in [4.69, 9.17) is 11.6 Å². The first-order valence-electron chi connectivity index (χ1n) is 5.66. The van der Waals surface area contributed by atoms with Crippen molar-refractivity contribution in [3.05, 3.63) is 39.2 Å². The van der Waals surface area contributed by atoms with Gasteiger partial charge < -0.3 is 9.88 Å². The van der Waals surface area contributed by atoms with E-state index < -0.39 is 0 Å². The third-order valence-corrected chi connectivity index (χ3v) is 3.69. The minimum Gasteiger partial charge on any atom is -0.329 e. The first-order valence-corrected chi connectivity index (χ1v) is 6.84. The second-order valence-electron chi connectivity index (χ2n) is 4.22. The molecule has 1 aromatic heterocycles. The van der Waals surface area contributed by atoms with Gasteiger partial charge in [-0.2, -0.15) is 0 Å². The number of nitrogens with one attached hydrogen (secondary N) is 1. The lowest BCUT2D eigenvalue weighted by Crippen LogP contribution is -2.10. The molecule has 2 aromatic rings. The van der Waals surface area contributed by atoms with Crippen molar-refractivity contribution in [2.75, 3.05) is 7.05 Å². The first-order chi connectivity index (χ1) is 8.54. The second-order valence-corrected chi connectivity index (χ2v) is 5.49. The number of benzene rings is 1. The van der Waals surface area contributed by atoms with Gasteiger partial charge >= 0.3 is 0 Å². The van der Waals surface area contributed by atoms with Crippen LogP contribution in [0.15, 0.2) is 22.7 Å². The molecule has 0 saturated carbocycles. The van der Waals surface area contributed by atoms with Gasteiger partial charge in [-0.05, 0) is 31.7 Å². The van der Waals surface area contributed by atoms with Gasteiger partial charge in [0.25, 0.3) is 0 Å². The topological polar surface area (TPSA) is 29.9 Å². The lowest BCUT2D eigenvalue weighted by atomic mass is 10.1. The molecule has 0 aliphatic carbocycles. The Kier molecular flexibility index (Phi) is 4.10. The third-order valence-electron chi connectivity index (χ3n) is 2.93. The predicted octanol–water partition coefficient (Wildman–Crippen LogP) is 3.53. The summed E-state index contributed by atoms with van der Waals surface area (Å²) < 4.78 is 3.07. The molecule has 1 N–H and O–H groups in total. The van der Waals surface area contributed by atoms with Crippen LogP contribution in [0.5, 0.6) is 0 Å². The van der Waals surface area contributed by atoms with Crippen LogP contribution >= 0.6 is 27.5 Å². The van der Waals surface area contributed by atoms with E-state index in [1.165, 1.54) is 5.56 Å². The van der Waals surface area contributed by atoms with E-state index in [2.05, 4.69) is 45.3 Å². The highest BCUT2D eigenvalue weighted by atomic mass is 79.9. The number of aromatic nitrogens is 2. The molecule has 1 aromatic carbocycles. The van der Waals surface area contributed by atoms with Crippen LogP contribution in [-0.4, -0.2) is 16.6 Å². The fraction of sp³-hybridized carbons (Fsp3) is 0.308. The number of imidazole rings is 1. The molecule has 96 valence electrons. The van der Waals surface area contributed by atoms with E-state index in [9.17, 15) is 0 Å². The van der Waals surface area contributed by atoms with Gasteiger partial charge in [0.05, 0.1) is 12.2 Å². The molecule has 5 heteroatoms. The van der Waals surface area contributed by atoms with Crippen molar-refractivity contribution in [2.45, 2.75) is 13.5 Å². The van der Waals surface area contributed by atoms with Crippen LogP contribution in [0, 0.1) is 6.92 Å². The van der Waals surface area contributed by atoms with E-state index in [0.717, 1.165) is 21.6 Å². The normalized spacial score (nSPS) is 10.9. The van der Waals surface area contributed by atoms with Crippen LogP contribution in [0.1, 0.15) is 11.4 Å². The average Bonchev–Trinajstić information content (AvgIpc) is 2.59. The van der Waals surface area contributed by atoms with Gasteiger partial charge in [0.1, 0.15) is 5.82 Å². The molecular weight excluding hydrogens is 314 g/mol. The minimum absolute atomic E-state index is 0.545. The van der Waals surface area contributed by atoms with Gasteiger partial charge in [-0.1, -0.05) is 33.6 Å². The molecule has 0 unspecified atom stereocenters. The summed E-state index contributed by atoms with van der Waals surface area (Å²) in [7, 11) is 3.88. The summed E-state index contributed by atoms with van der Waals surface area (Å²) in [6.07, 6.45) is 0. The quantitative estimate of drug-likeness (QED) is 0.934. The minimum atomic E-state index is 0.545. The van der Waals surface area contributed by atoms with Crippen LogP contribution in [-0.2, 0) is 13.6 Å². The smallest absolute Gasteiger partial charge is 0.155 e. The molecule has 0 spiro atoms. The van der Waals surface area contributed by atoms with Gasteiger partial charge in [0, 0.05) is 17.1 Å². The second kappa shape index (κ2) is 5.43. The molecule has 0 atom stereocenters. The summed E-state index contributed by atoms with van der Waals surface area (Å²) in [5.41, 5.74) is 3.24. The summed E-state index contributed by atoms with van der Waals surface area (Å²) >= 11 is 9.76. The monoisotopic (exact) mass is 327 g/mol. The number of hydrogen-bond acceptors (Lipinski definition) is 2. The molecule has 0 aliphatic heterocycles. The molecule has 1 heterocycles. The zero-order valence-corrected chi connectivity index (χ0v) is 12.9. The Labute approximate surface area is 120 Å². The maximum Gasteiger partial charge on any atom is 0.155 e. The number of aryl methyl sites for hydroxylation is 1. The van der Waals surface area contributed by atoms with Crippen LogP contribution < -0.4 is 5.32 Å². The van der Waals surface area contributed by atoms with Gasteiger partial charge in [0.15, 0.2) is 5.15 Å². The Balaban J connectivity index is 2.60. The van der Waals surface area contributed by atoms with Crippen LogP contribution in [0.4, 0.5) is 0 Å².